The van der Waals surface area contributed by atoms with Gasteiger partial charge in [-0.1, -0.05) is 13.3 Å². The molecule has 0 aromatic heterocycles. The van der Waals surface area contributed by atoms with Crippen LogP contribution in [-0.4, -0.2) is 49.3 Å². The van der Waals surface area contributed by atoms with Gasteiger partial charge in [0.25, 0.3) is 5.91 Å². The Labute approximate surface area is 158 Å². The van der Waals surface area contributed by atoms with E-state index in [4.69, 9.17) is 4.74 Å². The lowest BCUT2D eigenvalue weighted by Gasteiger charge is -2.16. The molecule has 1 unspecified atom stereocenters. The van der Waals surface area contributed by atoms with Gasteiger partial charge in [0.15, 0.2) is 12.4 Å². The van der Waals surface area contributed by atoms with Crippen LogP contribution >= 0.6 is 0 Å². The highest BCUT2D eigenvalue weighted by atomic mass is 32.2. The number of sulfonamides is 1. The number of carbonyl (C=O) groups is 1. The number of ether oxygens (including phenoxy) is 1. The third kappa shape index (κ3) is 5.39. The van der Waals surface area contributed by atoms with Crippen molar-refractivity contribution in [3.63, 3.8) is 0 Å². The molecule has 1 amide bonds. The number of rotatable bonds is 9. The summed E-state index contributed by atoms with van der Waals surface area (Å²) in [7, 11) is -3.77. The summed E-state index contributed by atoms with van der Waals surface area (Å²) in [6.45, 7) is 4.30. The van der Waals surface area contributed by atoms with Gasteiger partial charge in [-0.15, -0.1) is 0 Å². The van der Waals surface area contributed by atoms with E-state index in [9.17, 15) is 23.3 Å². The number of nitrogens with zero attached hydrogens (tertiary/aromatic N) is 2. The second-order valence-electron chi connectivity index (χ2n) is 6.54. The van der Waals surface area contributed by atoms with Crippen LogP contribution in [0.25, 0.3) is 0 Å². The van der Waals surface area contributed by atoms with Gasteiger partial charge in [0.1, 0.15) is 0 Å². The quantitative estimate of drug-likeness (QED) is 0.501. The van der Waals surface area contributed by atoms with Crippen LogP contribution in [0.15, 0.2) is 23.1 Å². The summed E-state index contributed by atoms with van der Waals surface area (Å²) in [5.74, 6) is -0.530. The molecular weight excluding hydrogens is 374 g/mol. The fourth-order valence-corrected chi connectivity index (χ4v) is 4.50. The van der Waals surface area contributed by atoms with E-state index in [1.807, 2.05) is 13.8 Å². The molecule has 1 fully saturated rings. The number of hydrogen-bond donors (Lipinski definition) is 1. The van der Waals surface area contributed by atoms with Crippen LogP contribution in [-0.2, 0) is 14.8 Å². The monoisotopic (exact) mass is 399 g/mol. The van der Waals surface area contributed by atoms with Crippen LogP contribution in [0, 0.1) is 10.1 Å². The Kier molecular flexibility index (Phi) is 7.14. The van der Waals surface area contributed by atoms with E-state index in [0.717, 1.165) is 31.7 Å². The molecule has 9 nitrogen and oxygen atoms in total. The number of hydrogen-bond acceptors (Lipinski definition) is 6. The Morgan fingerprint density at radius 3 is 2.63 bits per heavy atom. The predicted octanol–water partition coefficient (Wildman–Crippen LogP) is 2.06. The Morgan fingerprint density at radius 2 is 2.04 bits per heavy atom. The molecule has 0 bridgehead atoms. The van der Waals surface area contributed by atoms with Crippen LogP contribution in [0.4, 0.5) is 5.69 Å². The highest BCUT2D eigenvalue weighted by Crippen LogP contribution is 2.31. The average molecular weight is 399 g/mol. The lowest BCUT2D eigenvalue weighted by molar-refractivity contribution is -0.386. The van der Waals surface area contributed by atoms with Gasteiger partial charge in [-0.2, -0.15) is 4.31 Å². The normalized spacial score (nSPS) is 16.1. The molecule has 10 heteroatoms. The first-order valence-electron chi connectivity index (χ1n) is 8.96. The van der Waals surface area contributed by atoms with Crippen molar-refractivity contribution < 1.29 is 22.9 Å². The summed E-state index contributed by atoms with van der Waals surface area (Å²) in [6, 6.07) is 3.46. The second kappa shape index (κ2) is 9.14. The molecule has 1 saturated heterocycles. The van der Waals surface area contributed by atoms with Gasteiger partial charge in [0.05, 0.1) is 9.82 Å². The van der Waals surface area contributed by atoms with Crippen molar-refractivity contribution in [2.45, 2.75) is 50.5 Å². The van der Waals surface area contributed by atoms with Crippen LogP contribution in [0.5, 0.6) is 5.75 Å². The summed E-state index contributed by atoms with van der Waals surface area (Å²) in [4.78, 5) is 22.4. The molecule has 1 N–H and O–H groups in total. The van der Waals surface area contributed by atoms with Gasteiger partial charge in [-0.05, 0) is 38.3 Å². The summed E-state index contributed by atoms with van der Waals surface area (Å²) >= 11 is 0. The molecule has 1 atom stereocenters. The van der Waals surface area contributed by atoms with Gasteiger partial charge in [-0.3, -0.25) is 14.9 Å². The van der Waals surface area contributed by atoms with Gasteiger partial charge >= 0.3 is 5.69 Å². The van der Waals surface area contributed by atoms with Gasteiger partial charge in [0, 0.05) is 25.2 Å². The van der Waals surface area contributed by atoms with Crippen molar-refractivity contribution in [2.24, 2.45) is 0 Å². The molecule has 1 aliphatic rings. The fraction of sp³-hybridized carbons (Fsp3) is 0.588. The van der Waals surface area contributed by atoms with Gasteiger partial charge < -0.3 is 10.1 Å². The summed E-state index contributed by atoms with van der Waals surface area (Å²) in [5, 5.41) is 14.1. The minimum absolute atomic E-state index is 0.0194. The number of amides is 1. The first kappa shape index (κ1) is 21.1. The topological polar surface area (TPSA) is 119 Å². The van der Waals surface area contributed by atoms with Crippen LogP contribution in [0.3, 0.4) is 0 Å². The molecule has 1 aliphatic heterocycles. The lowest BCUT2D eigenvalue weighted by Crippen LogP contribution is -2.36. The minimum atomic E-state index is -3.77. The molecule has 0 aliphatic carbocycles. The highest BCUT2D eigenvalue weighted by molar-refractivity contribution is 7.89. The third-order valence-electron chi connectivity index (χ3n) is 4.32. The summed E-state index contributed by atoms with van der Waals surface area (Å²) in [5.41, 5.74) is -0.482. The first-order chi connectivity index (χ1) is 12.8. The van der Waals surface area contributed by atoms with E-state index in [1.165, 1.54) is 16.4 Å². The molecule has 150 valence electrons. The van der Waals surface area contributed by atoms with E-state index >= 15 is 0 Å². The number of nitro benzene ring substituents is 1. The largest absolute Gasteiger partial charge is 0.477 e. The second-order valence-corrected chi connectivity index (χ2v) is 8.48. The fourth-order valence-electron chi connectivity index (χ4n) is 2.96. The maximum absolute atomic E-state index is 12.6. The third-order valence-corrected chi connectivity index (χ3v) is 6.21. The standard InChI is InChI=1S/C17H25N3O6S/c1-3-6-13(2)18-17(21)12-26-16-8-7-14(11-15(16)20(22)23)27(24,25)19-9-4-5-10-19/h7-8,11,13H,3-6,9-10,12H2,1-2H3,(H,18,21). The van der Waals surface area contributed by atoms with Crippen molar-refractivity contribution in [1.82, 2.24) is 9.62 Å². The van der Waals surface area contributed by atoms with Crippen LogP contribution < -0.4 is 10.1 Å². The maximum Gasteiger partial charge on any atom is 0.312 e. The van der Waals surface area contributed by atoms with E-state index < -0.39 is 20.6 Å². The number of benzene rings is 1. The highest BCUT2D eigenvalue weighted by Gasteiger charge is 2.30. The zero-order chi connectivity index (χ0) is 20.0. The van der Waals surface area contributed by atoms with Crippen LogP contribution in [0.1, 0.15) is 39.5 Å². The van der Waals surface area contributed by atoms with Gasteiger partial charge in [-0.25, -0.2) is 8.42 Å². The zero-order valence-electron chi connectivity index (χ0n) is 15.5. The first-order valence-corrected chi connectivity index (χ1v) is 10.4. The predicted molar refractivity (Wildman–Crippen MR) is 99.1 cm³/mol. The molecule has 2 rings (SSSR count). The average Bonchev–Trinajstić information content (AvgIpc) is 3.15. The molecule has 1 heterocycles. The molecular formula is C17H25N3O6S. The molecule has 0 spiro atoms. The van der Waals surface area contributed by atoms with Gasteiger partial charge in [0.2, 0.25) is 10.0 Å². The Bertz CT molecular complexity index is 790. The number of nitro groups is 1. The molecule has 27 heavy (non-hydrogen) atoms. The minimum Gasteiger partial charge on any atom is -0.477 e. The van der Waals surface area contributed by atoms with E-state index in [0.29, 0.717) is 13.1 Å². The Hall–Kier alpha value is -2.20. The van der Waals surface area contributed by atoms with E-state index in [1.54, 1.807) is 0 Å². The van der Waals surface area contributed by atoms with E-state index in [-0.39, 0.29) is 29.2 Å². The summed E-state index contributed by atoms with van der Waals surface area (Å²) in [6.07, 6.45) is 3.28. The van der Waals surface area contributed by atoms with Crippen molar-refractivity contribution in [3.8, 4) is 5.75 Å². The Morgan fingerprint density at radius 1 is 1.37 bits per heavy atom. The molecule has 1 aromatic rings. The van der Waals surface area contributed by atoms with Crippen LogP contribution in [0.2, 0.25) is 0 Å². The van der Waals surface area contributed by atoms with E-state index in [2.05, 4.69) is 5.32 Å². The smallest absolute Gasteiger partial charge is 0.312 e. The summed E-state index contributed by atoms with van der Waals surface area (Å²) < 4.78 is 31.7. The van der Waals surface area contributed by atoms with Crippen molar-refractivity contribution in [2.75, 3.05) is 19.7 Å². The molecule has 1 aromatic carbocycles. The lowest BCUT2D eigenvalue weighted by atomic mass is 10.2. The Balaban J connectivity index is 2.14. The number of carbonyl (C=O) groups excluding carboxylic acids is 1. The molecule has 0 radical (unpaired) electrons. The zero-order valence-corrected chi connectivity index (χ0v) is 16.3. The van der Waals surface area contributed by atoms with Crippen molar-refractivity contribution in [3.05, 3.63) is 28.3 Å². The molecule has 0 saturated carbocycles. The maximum atomic E-state index is 12.6. The SMILES string of the molecule is CCCC(C)NC(=O)COc1ccc(S(=O)(=O)N2CCCC2)cc1[N+](=O)[O-]. The van der Waals surface area contributed by atoms with Crippen molar-refractivity contribution in [1.29, 1.82) is 0 Å². The van der Waals surface area contributed by atoms with Crippen molar-refractivity contribution >= 4 is 21.6 Å². The number of nitrogens with one attached hydrogen (secondary N) is 1.